The zero-order chi connectivity index (χ0) is 18.2. The van der Waals surface area contributed by atoms with Crippen molar-refractivity contribution in [3.8, 4) is 34.5 Å². The van der Waals surface area contributed by atoms with Gasteiger partial charge in [-0.05, 0) is 24.3 Å². The zero-order valence-corrected chi connectivity index (χ0v) is 14.3. The number of hydrogen-bond acceptors (Lipinski definition) is 6. The molecule has 5 rings (SSSR count). The van der Waals surface area contributed by atoms with Crippen molar-refractivity contribution in [3.63, 3.8) is 0 Å². The molecule has 0 atom stereocenters. The molecule has 0 spiro atoms. The van der Waals surface area contributed by atoms with Gasteiger partial charge in [-0.3, -0.25) is 5.10 Å². The van der Waals surface area contributed by atoms with Crippen LogP contribution in [-0.2, 0) is 0 Å². The van der Waals surface area contributed by atoms with E-state index in [0.29, 0.717) is 23.1 Å². The molecule has 8 heteroatoms. The predicted molar refractivity (Wildman–Crippen MR) is 98.5 cm³/mol. The summed E-state index contributed by atoms with van der Waals surface area (Å²) in [5.41, 5.74) is 3.02. The Balaban J connectivity index is 1.49. The molecular formula is C19H14N6O2. The van der Waals surface area contributed by atoms with Gasteiger partial charge in [-0.15, -0.1) is 0 Å². The lowest BCUT2D eigenvalue weighted by molar-refractivity contribution is 0.414. The molecule has 2 aromatic carbocycles. The average molecular weight is 358 g/mol. The minimum absolute atomic E-state index is 0.332. The van der Waals surface area contributed by atoms with E-state index in [4.69, 9.17) is 9.26 Å². The van der Waals surface area contributed by atoms with Crippen molar-refractivity contribution in [2.24, 2.45) is 0 Å². The normalized spacial score (nSPS) is 11.1. The van der Waals surface area contributed by atoms with Crippen LogP contribution in [0.1, 0.15) is 0 Å². The summed E-state index contributed by atoms with van der Waals surface area (Å²) in [7, 11) is 1.63. The summed E-state index contributed by atoms with van der Waals surface area (Å²) in [5, 5.41) is 16.8. The molecule has 27 heavy (non-hydrogen) atoms. The van der Waals surface area contributed by atoms with Gasteiger partial charge in [0, 0.05) is 17.6 Å². The van der Waals surface area contributed by atoms with Crippen molar-refractivity contribution in [3.05, 3.63) is 60.8 Å². The van der Waals surface area contributed by atoms with E-state index in [-0.39, 0.29) is 0 Å². The van der Waals surface area contributed by atoms with E-state index in [1.165, 1.54) is 0 Å². The van der Waals surface area contributed by atoms with Gasteiger partial charge in [-0.2, -0.15) is 15.2 Å². The summed E-state index contributed by atoms with van der Waals surface area (Å²) in [6.07, 6.45) is 1.83. The van der Waals surface area contributed by atoms with Crippen LogP contribution >= 0.6 is 0 Å². The van der Waals surface area contributed by atoms with Crippen molar-refractivity contribution in [2.75, 3.05) is 7.11 Å². The Bertz CT molecular complexity index is 1240. The fraction of sp³-hybridized carbons (Fsp3) is 0.0526. The molecule has 0 bridgehead atoms. The molecule has 0 fully saturated rings. The molecule has 0 amide bonds. The van der Waals surface area contributed by atoms with Gasteiger partial charge in [0.25, 0.3) is 5.89 Å². The lowest BCUT2D eigenvalue weighted by Gasteiger charge is -2.03. The number of nitrogens with zero attached hydrogens (tertiary/aromatic N) is 5. The fourth-order valence-electron chi connectivity index (χ4n) is 2.89. The molecule has 0 radical (unpaired) electrons. The van der Waals surface area contributed by atoms with E-state index in [2.05, 4.69) is 25.4 Å². The number of fused-ring (bicyclic) bond motifs is 1. The Labute approximate surface area is 153 Å². The maximum absolute atomic E-state index is 5.40. The maximum atomic E-state index is 5.40. The molecule has 0 saturated carbocycles. The minimum atomic E-state index is 0.332. The SMILES string of the molecule is COc1cccc(-n2ccc(-c3nc(-c4n[nH]c5ccccc45)no3)n2)c1. The van der Waals surface area contributed by atoms with Crippen LogP contribution in [0.25, 0.3) is 39.7 Å². The second kappa shape index (κ2) is 6.10. The number of benzene rings is 2. The molecule has 132 valence electrons. The molecule has 0 unspecified atom stereocenters. The number of methoxy groups -OCH3 is 1. The highest BCUT2D eigenvalue weighted by Gasteiger charge is 2.17. The Morgan fingerprint density at radius 3 is 2.93 bits per heavy atom. The highest BCUT2D eigenvalue weighted by atomic mass is 16.5. The average Bonchev–Trinajstić information content (AvgIpc) is 3.45. The van der Waals surface area contributed by atoms with Crippen molar-refractivity contribution in [2.45, 2.75) is 0 Å². The molecule has 0 aliphatic carbocycles. The second-order valence-corrected chi connectivity index (χ2v) is 5.89. The molecule has 5 aromatic rings. The summed E-state index contributed by atoms with van der Waals surface area (Å²) >= 11 is 0. The first kappa shape index (κ1) is 15.3. The number of H-pyrrole nitrogens is 1. The van der Waals surface area contributed by atoms with Gasteiger partial charge in [0.2, 0.25) is 5.82 Å². The molecule has 0 aliphatic heterocycles. The lowest BCUT2D eigenvalue weighted by atomic mass is 10.2. The first-order valence-electron chi connectivity index (χ1n) is 8.29. The molecule has 8 nitrogen and oxygen atoms in total. The molecule has 3 heterocycles. The molecule has 0 saturated heterocycles. The van der Waals surface area contributed by atoms with Crippen LogP contribution in [0, 0.1) is 0 Å². The lowest BCUT2D eigenvalue weighted by Crippen LogP contribution is -1.95. The molecule has 3 aromatic heterocycles. The summed E-state index contributed by atoms with van der Waals surface area (Å²) in [6.45, 7) is 0. The van der Waals surface area contributed by atoms with Gasteiger partial charge in [0.1, 0.15) is 11.4 Å². The maximum Gasteiger partial charge on any atom is 0.278 e. The number of para-hydroxylation sites is 1. The summed E-state index contributed by atoms with van der Waals surface area (Å²) in [4.78, 5) is 4.45. The van der Waals surface area contributed by atoms with Gasteiger partial charge in [-0.1, -0.05) is 29.4 Å². The van der Waals surface area contributed by atoms with E-state index in [1.54, 1.807) is 11.8 Å². The van der Waals surface area contributed by atoms with Crippen LogP contribution in [-0.4, -0.2) is 37.2 Å². The third kappa shape index (κ3) is 2.63. The fourth-order valence-corrected chi connectivity index (χ4v) is 2.89. The molecular weight excluding hydrogens is 344 g/mol. The van der Waals surface area contributed by atoms with Crippen molar-refractivity contribution >= 4 is 10.9 Å². The summed E-state index contributed by atoms with van der Waals surface area (Å²) in [6, 6.07) is 17.2. The number of hydrogen-bond donors (Lipinski definition) is 1. The zero-order valence-electron chi connectivity index (χ0n) is 14.3. The second-order valence-electron chi connectivity index (χ2n) is 5.89. The van der Waals surface area contributed by atoms with Crippen LogP contribution in [0.4, 0.5) is 0 Å². The van der Waals surface area contributed by atoms with Crippen molar-refractivity contribution < 1.29 is 9.26 Å². The van der Waals surface area contributed by atoms with Gasteiger partial charge >= 0.3 is 0 Å². The first-order valence-corrected chi connectivity index (χ1v) is 8.29. The number of aromatic amines is 1. The van der Waals surface area contributed by atoms with E-state index in [0.717, 1.165) is 22.3 Å². The standard InChI is InChI=1S/C19H14N6O2/c1-26-13-6-4-5-12(11-13)25-10-9-16(23-25)19-20-18(24-27-19)17-14-7-2-3-8-15(14)21-22-17/h2-11H,1H3,(H,21,22). The largest absolute Gasteiger partial charge is 0.497 e. The Hall–Kier alpha value is -3.94. The highest BCUT2D eigenvalue weighted by Crippen LogP contribution is 2.26. The van der Waals surface area contributed by atoms with Gasteiger partial charge < -0.3 is 9.26 Å². The smallest absolute Gasteiger partial charge is 0.278 e. The van der Waals surface area contributed by atoms with Crippen LogP contribution in [0.15, 0.2) is 65.3 Å². The van der Waals surface area contributed by atoms with E-state index in [9.17, 15) is 0 Å². The Kier molecular flexibility index (Phi) is 3.46. The highest BCUT2D eigenvalue weighted by molar-refractivity contribution is 5.91. The Morgan fingerprint density at radius 2 is 2.00 bits per heavy atom. The quantitative estimate of drug-likeness (QED) is 0.528. The number of ether oxygens (including phenoxy) is 1. The monoisotopic (exact) mass is 358 g/mol. The van der Waals surface area contributed by atoms with Gasteiger partial charge in [0.05, 0.1) is 18.3 Å². The Morgan fingerprint density at radius 1 is 1.07 bits per heavy atom. The summed E-state index contributed by atoms with van der Waals surface area (Å²) < 4.78 is 12.4. The number of rotatable bonds is 4. The van der Waals surface area contributed by atoms with Crippen LogP contribution in [0.5, 0.6) is 5.75 Å². The van der Waals surface area contributed by atoms with E-state index >= 15 is 0 Å². The van der Waals surface area contributed by atoms with Crippen LogP contribution in [0.3, 0.4) is 0 Å². The minimum Gasteiger partial charge on any atom is -0.497 e. The number of nitrogens with one attached hydrogen (secondary N) is 1. The third-order valence-corrected chi connectivity index (χ3v) is 4.23. The summed E-state index contributed by atoms with van der Waals surface area (Å²) in [5.74, 6) is 1.51. The van der Waals surface area contributed by atoms with Crippen molar-refractivity contribution in [1.82, 2.24) is 30.1 Å². The predicted octanol–water partition coefficient (Wildman–Crippen LogP) is 3.47. The molecule has 1 N–H and O–H groups in total. The van der Waals surface area contributed by atoms with Gasteiger partial charge in [-0.25, -0.2) is 4.68 Å². The van der Waals surface area contributed by atoms with Gasteiger partial charge in [0.15, 0.2) is 5.69 Å². The van der Waals surface area contributed by atoms with Crippen molar-refractivity contribution in [1.29, 1.82) is 0 Å². The molecule has 0 aliphatic rings. The van der Waals surface area contributed by atoms with E-state index in [1.807, 2.05) is 60.8 Å². The third-order valence-electron chi connectivity index (χ3n) is 4.23. The van der Waals surface area contributed by atoms with Crippen LogP contribution < -0.4 is 4.74 Å². The van der Waals surface area contributed by atoms with Crippen LogP contribution in [0.2, 0.25) is 0 Å². The first-order chi connectivity index (χ1) is 13.3. The van der Waals surface area contributed by atoms with E-state index < -0.39 is 0 Å². The number of aromatic nitrogens is 6. The topological polar surface area (TPSA) is 94.7 Å².